The monoisotopic (exact) mass is 470 g/mol. The van der Waals surface area contributed by atoms with Crippen molar-refractivity contribution < 1.29 is 18.3 Å². The number of aromatic nitrogens is 2. The quantitative estimate of drug-likeness (QED) is 0.583. The van der Waals surface area contributed by atoms with Gasteiger partial charge >= 0.3 is 5.97 Å². The number of benzene rings is 2. The fraction of sp³-hybridized carbons (Fsp3) is 0.348. The number of carboxylic acid groups (broad SMARTS) is 1. The van der Waals surface area contributed by atoms with Crippen LogP contribution in [0.4, 0.5) is 11.6 Å². The summed E-state index contributed by atoms with van der Waals surface area (Å²) in [6.45, 7) is 4.33. The van der Waals surface area contributed by atoms with Gasteiger partial charge in [-0.25, -0.2) is 18.2 Å². The molecule has 0 amide bonds. The van der Waals surface area contributed by atoms with Gasteiger partial charge in [-0.1, -0.05) is 18.2 Å². The molecule has 1 fully saturated rings. The van der Waals surface area contributed by atoms with Crippen molar-refractivity contribution in [2.45, 2.75) is 19.9 Å². The van der Waals surface area contributed by atoms with E-state index in [-0.39, 0.29) is 41.8 Å². The molecule has 1 unspecified atom stereocenters. The lowest BCUT2D eigenvalue weighted by molar-refractivity contribution is 0.0698. The van der Waals surface area contributed by atoms with Crippen LogP contribution >= 0.6 is 0 Å². The van der Waals surface area contributed by atoms with Crippen LogP contribution in [-0.4, -0.2) is 53.6 Å². The predicted molar refractivity (Wildman–Crippen MR) is 128 cm³/mol. The van der Waals surface area contributed by atoms with Gasteiger partial charge in [0.05, 0.1) is 34.0 Å². The summed E-state index contributed by atoms with van der Waals surface area (Å²) < 4.78 is 25.2. The Balaban J connectivity index is 1.81. The van der Waals surface area contributed by atoms with E-state index >= 15 is 0 Å². The van der Waals surface area contributed by atoms with Crippen LogP contribution in [0, 0.1) is 6.92 Å². The van der Waals surface area contributed by atoms with Crippen LogP contribution in [0.5, 0.6) is 0 Å². The summed E-state index contributed by atoms with van der Waals surface area (Å²) in [4.78, 5) is 31.5. The smallest absolute Gasteiger partial charge is 0.337 e. The molecule has 10 heteroatoms. The Morgan fingerprint density at radius 2 is 1.85 bits per heavy atom. The Morgan fingerprint density at radius 1 is 1.18 bits per heavy atom. The number of anilines is 2. The highest BCUT2D eigenvalue weighted by molar-refractivity contribution is 7.91. The molecule has 4 rings (SSSR count). The van der Waals surface area contributed by atoms with Crippen molar-refractivity contribution in [3.05, 3.63) is 63.4 Å². The van der Waals surface area contributed by atoms with E-state index in [9.17, 15) is 23.1 Å². The molecule has 1 saturated heterocycles. The third kappa shape index (κ3) is 4.43. The molecular weight excluding hydrogens is 444 g/mol. The van der Waals surface area contributed by atoms with Gasteiger partial charge in [-0.3, -0.25) is 9.36 Å². The third-order valence-corrected chi connectivity index (χ3v) is 7.56. The number of hydrogen-bond donors (Lipinski definition) is 2. The van der Waals surface area contributed by atoms with Gasteiger partial charge in [-0.15, -0.1) is 0 Å². The highest BCUT2D eigenvalue weighted by Crippen LogP contribution is 2.29. The maximum atomic E-state index is 13.2. The summed E-state index contributed by atoms with van der Waals surface area (Å²) in [7, 11) is -1.44. The zero-order chi connectivity index (χ0) is 23.9. The van der Waals surface area contributed by atoms with Crippen LogP contribution in [0.3, 0.4) is 0 Å². The van der Waals surface area contributed by atoms with Crippen molar-refractivity contribution in [2.75, 3.05) is 34.8 Å². The number of fused-ring (bicyclic) bond motifs is 1. The van der Waals surface area contributed by atoms with E-state index in [1.165, 1.54) is 10.6 Å². The first-order chi connectivity index (χ1) is 15.6. The number of sulfone groups is 1. The molecule has 2 N–H and O–H groups in total. The zero-order valence-electron chi connectivity index (χ0n) is 18.7. The van der Waals surface area contributed by atoms with Gasteiger partial charge in [0.1, 0.15) is 0 Å². The molecule has 2 aromatic carbocycles. The molecule has 0 aliphatic carbocycles. The number of nitrogens with zero attached hydrogens (tertiary/aromatic N) is 3. The number of aryl methyl sites for hydroxylation is 1. The molecule has 0 spiro atoms. The Bertz CT molecular complexity index is 1400. The SMILES string of the molecule is Cc1cc(C(C)Nc2ccccc2C(=O)O)c2nc(N3CCS(=O)(=O)CC3)n(C)c(=O)c2c1. The number of aromatic carboxylic acids is 1. The Hall–Kier alpha value is -3.40. The fourth-order valence-corrected chi connectivity index (χ4v) is 5.37. The average molecular weight is 471 g/mol. The van der Waals surface area contributed by atoms with Gasteiger partial charge in [0.15, 0.2) is 9.84 Å². The summed E-state index contributed by atoms with van der Waals surface area (Å²) >= 11 is 0. The van der Waals surface area contributed by atoms with Crippen molar-refractivity contribution in [3.63, 3.8) is 0 Å². The molecule has 9 nitrogen and oxygen atoms in total. The lowest BCUT2D eigenvalue weighted by Crippen LogP contribution is -2.43. The fourth-order valence-electron chi connectivity index (χ4n) is 4.17. The van der Waals surface area contributed by atoms with Crippen LogP contribution in [-0.2, 0) is 16.9 Å². The summed E-state index contributed by atoms with van der Waals surface area (Å²) in [6.07, 6.45) is 0. The number of para-hydroxylation sites is 1. The first kappa shape index (κ1) is 22.8. The molecule has 0 bridgehead atoms. The van der Waals surface area contributed by atoms with E-state index in [0.29, 0.717) is 22.5 Å². The summed E-state index contributed by atoms with van der Waals surface area (Å²) in [5.41, 5.74) is 2.56. The van der Waals surface area contributed by atoms with E-state index in [4.69, 9.17) is 4.98 Å². The second-order valence-corrected chi connectivity index (χ2v) is 10.7. The predicted octanol–water partition coefficient (Wildman–Crippen LogP) is 2.35. The van der Waals surface area contributed by atoms with Crippen LogP contribution < -0.4 is 15.8 Å². The van der Waals surface area contributed by atoms with Crippen molar-refractivity contribution in [2.24, 2.45) is 7.05 Å². The molecule has 2 heterocycles. The van der Waals surface area contributed by atoms with E-state index in [1.807, 2.05) is 24.8 Å². The van der Waals surface area contributed by atoms with Crippen LogP contribution in [0.2, 0.25) is 0 Å². The van der Waals surface area contributed by atoms with Gasteiger partial charge in [0, 0.05) is 31.4 Å². The molecule has 33 heavy (non-hydrogen) atoms. The number of carboxylic acids is 1. The molecule has 1 aliphatic heterocycles. The van der Waals surface area contributed by atoms with Gasteiger partial charge < -0.3 is 15.3 Å². The average Bonchev–Trinajstić information content (AvgIpc) is 2.76. The second-order valence-electron chi connectivity index (χ2n) is 8.38. The minimum absolute atomic E-state index is 0.0194. The van der Waals surface area contributed by atoms with Crippen molar-refractivity contribution in [3.8, 4) is 0 Å². The van der Waals surface area contributed by atoms with Gasteiger partial charge in [-0.05, 0) is 37.6 Å². The maximum absolute atomic E-state index is 13.2. The molecule has 174 valence electrons. The largest absolute Gasteiger partial charge is 0.478 e. The summed E-state index contributed by atoms with van der Waals surface area (Å²) in [5.74, 6) is -0.573. The number of nitrogens with one attached hydrogen (secondary N) is 1. The lowest BCUT2D eigenvalue weighted by Gasteiger charge is -2.29. The van der Waals surface area contributed by atoms with Crippen molar-refractivity contribution in [1.29, 1.82) is 0 Å². The minimum atomic E-state index is -3.08. The Labute approximate surface area is 191 Å². The van der Waals surface area contributed by atoms with E-state index in [1.54, 1.807) is 31.3 Å². The number of rotatable bonds is 5. The van der Waals surface area contributed by atoms with Crippen molar-refractivity contribution in [1.82, 2.24) is 9.55 Å². The molecule has 1 atom stereocenters. The number of hydrogen-bond acceptors (Lipinski definition) is 7. The summed E-state index contributed by atoms with van der Waals surface area (Å²) in [6, 6.07) is 10.0. The van der Waals surface area contributed by atoms with Crippen LogP contribution in [0.25, 0.3) is 10.9 Å². The molecule has 3 aromatic rings. The molecule has 1 aromatic heterocycles. The van der Waals surface area contributed by atoms with Crippen LogP contribution in [0.1, 0.15) is 34.5 Å². The standard InChI is InChI=1S/C23H26N4O5S/c1-14-12-17(15(2)24-19-7-5-4-6-16(19)22(29)30)20-18(13-14)21(28)26(3)23(25-20)27-8-10-33(31,32)11-9-27/h4-7,12-13,15,24H,8-11H2,1-3H3,(H,29,30). The molecule has 0 saturated carbocycles. The zero-order valence-corrected chi connectivity index (χ0v) is 19.5. The van der Waals surface area contributed by atoms with Gasteiger partial charge in [0.25, 0.3) is 5.56 Å². The minimum Gasteiger partial charge on any atom is -0.478 e. The maximum Gasteiger partial charge on any atom is 0.337 e. The van der Waals surface area contributed by atoms with Crippen LogP contribution in [0.15, 0.2) is 41.2 Å². The first-order valence-electron chi connectivity index (χ1n) is 10.6. The lowest BCUT2D eigenvalue weighted by atomic mass is 10.0. The van der Waals surface area contributed by atoms with E-state index in [0.717, 1.165) is 11.1 Å². The highest BCUT2D eigenvalue weighted by atomic mass is 32.2. The highest BCUT2D eigenvalue weighted by Gasteiger charge is 2.26. The molecule has 0 radical (unpaired) electrons. The topological polar surface area (TPSA) is 122 Å². The van der Waals surface area contributed by atoms with Gasteiger partial charge in [0.2, 0.25) is 5.95 Å². The first-order valence-corrected chi connectivity index (χ1v) is 12.4. The van der Waals surface area contributed by atoms with Gasteiger partial charge in [-0.2, -0.15) is 0 Å². The van der Waals surface area contributed by atoms with E-state index < -0.39 is 15.8 Å². The second kappa shape index (κ2) is 8.51. The summed E-state index contributed by atoms with van der Waals surface area (Å²) in [5, 5.41) is 13.2. The molecular formula is C23H26N4O5S. The number of carbonyl (C=O) groups is 1. The normalized spacial score (nSPS) is 16.5. The van der Waals surface area contributed by atoms with Crippen molar-refractivity contribution >= 4 is 38.3 Å². The van der Waals surface area contributed by atoms with E-state index in [2.05, 4.69) is 5.32 Å². The Morgan fingerprint density at radius 3 is 2.52 bits per heavy atom. The third-order valence-electron chi connectivity index (χ3n) is 5.95. The molecule has 1 aliphatic rings. The Kier molecular flexibility index (Phi) is 5.87.